The molecule has 1 aromatic heterocycles. The summed E-state index contributed by atoms with van der Waals surface area (Å²) in [5.41, 5.74) is 4.88. The van der Waals surface area contributed by atoms with Crippen LogP contribution in [0.5, 0.6) is 0 Å². The molecule has 0 aliphatic carbocycles. The quantitative estimate of drug-likeness (QED) is 0.569. The number of nitrogens with zero attached hydrogens (tertiary/aromatic N) is 1. The monoisotopic (exact) mass is 223 g/mol. The van der Waals surface area contributed by atoms with Crippen LogP contribution in [0.2, 0.25) is 0 Å². The molecule has 0 saturated carbocycles. The number of ether oxygens (including phenoxy) is 1. The molecule has 0 bridgehead atoms. The first kappa shape index (κ1) is 13.1. The molecular formula is C12H21N3O. The van der Waals surface area contributed by atoms with E-state index >= 15 is 0 Å². The maximum Gasteiger partial charge on any atom is 0.0780 e. The molecular weight excluding hydrogens is 202 g/mol. The van der Waals surface area contributed by atoms with E-state index in [4.69, 9.17) is 10.6 Å². The number of aromatic nitrogens is 1. The lowest BCUT2D eigenvalue weighted by atomic mass is 10.0. The molecule has 0 radical (unpaired) electrons. The average Bonchev–Trinajstić information content (AvgIpc) is 2.31. The molecule has 0 amide bonds. The molecule has 1 rings (SSSR count). The van der Waals surface area contributed by atoms with E-state index in [1.54, 1.807) is 0 Å². The first-order valence-electron chi connectivity index (χ1n) is 5.73. The zero-order chi connectivity index (χ0) is 12.0. The first-order valence-corrected chi connectivity index (χ1v) is 5.73. The molecule has 0 aromatic carbocycles. The maximum atomic E-state index is 5.66. The van der Waals surface area contributed by atoms with Crippen LogP contribution in [-0.4, -0.2) is 17.7 Å². The molecule has 2 unspecified atom stereocenters. The zero-order valence-corrected chi connectivity index (χ0v) is 10.2. The SMILES string of the molecule is CCOC(CC)C(NN)c1ccc(C)nc1. The van der Waals surface area contributed by atoms with Gasteiger partial charge in [-0.1, -0.05) is 13.0 Å². The van der Waals surface area contributed by atoms with Gasteiger partial charge in [-0.3, -0.25) is 16.3 Å². The van der Waals surface area contributed by atoms with Crippen molar-refractivity contribution in [1.82, 2.24) is 10.4 Å². The molecule has 2 atom stereocenters. The van der Waals surface area contributed by atoms with E-state index < -0.39 is 0 Å². The molecule has 3 N–H and O–H groups in total. The summed E-state index contributed by atoms with van der Waals surface area (Å²) in [4.78, 5) is 4.27. The van der Waals surface area contributed by atoms with Gasteiger partial charge in [0.2, 0.25) is 0 Å². The minimum Gasteiger partial charge on any atom is -0.376 e. The molecule has 0 aliphatic heterocycles. The van der Waals surface area contributed by atoms with E-state index in [-0.39, 0.29) is 12.1 Å². The fourth-order valence-electron chi connectivity index (χ4n) is 1.75. The third-order valence-electron chi connectivity index (χ3n) is 2.63. The Balaban J connectivity index is 2.83. The fraction of sp³-hybridized carbons (Fsp3) is 0.583. The van der Waals surface area contributed by atoms with Gasteiger partial charge in [0, 0.05) is 18.5 Å². The van der Waals surface area contributed by atoms with Gasteiger partial charge in [-0.25, -0.2) is 0 Å². The highest BCUT2D eigenvalue weighted by Gasteiger charge is 2.20. The number of aryl methyl sites for hydroxylation is 1. The highest BCUT2D eigenvalue weighted by Crippen LogP contribution is 2.20. The number of rotatable bonds is 6. The van der Waals surface area contributed by atoms with Crippen molar-refractivity contribution in [3.63, 3.8) is 0 Å². The minimum absolute atomic E-state index is 0.00181. The van der Waals surface area contributed by atoms with Gasteiger partial charge in [0.25, 0.3) is 0 Å². The topological polar surface area (TPSA) is 60.2 Å². The summed E-state index contributed by atoms with van der Waals surface area (Å²) in [6.07, 6.45) is 2.84. The Morgan fingerprint density at radius 2 is 2.19 bits per heavy atom. The zero-order valence-electron chi connectivity index (χ0n) is 10.2. The molecule has 1 heterocycles. The lowest BCUT2D eigenvalue weighted by Crippen LogP contribution is -2.37. The molecule has 0 spiro atoms. The predicted octanol–water partition coefficient (Wildman–Crippen LogP) is 1.71. The third-order valence-corrected chi connectivity index (χ3v) is 2.63. The van der Waals surface area contributed by atoms with Gasteiger partial charge >= 0.3 is 0 Å². The molecule has 4 nitrogen and oxygen atoms in total. The van der Waals surface area contributed by atoms with Crippen molar-refractivity contribution in [3.8, 4) is 0 Å². The van der Waals surface area contributed by atoms with Crippen molar-refractivity contribution in [2.24, 2.45) is 5.84 Å². The number of hydrazine groups is 1. The van der Waals surface area contributed by atoms with Crippen LogP contribution in [0, 0.1) is 6.92 Å². The summed E-state index contributed by atoms with van der Waals surface area (Å²) in [5.74, 6) is 5.59. The molecule has 90 valence electrons. The van der Waals surface area contributed by atoms with E-state index in [0.717, 1.165) is 17.7 Å². The molecule has 4 heteroatoms. The van der Waals surface area contributed by atoms with Crippen LogP contribution in [0.15, 0.2) is 18.3 Å². The number of nitrogens with one attached hydrogen (secondary N) is 1. The summed E-state index contributed by atoms with van der Waals surface area (Å²) >= 11 is 0. The van der Waals surface area contributed by atoms with E-state index in [9.17, 15) is 0 Å². The van der Waals surface area contributed by atoms with Crippen molar-refractivity contribution >= 4 is 0 Å². The Hall–Kier alpha value is -0.970. The van der Waals surface area contributed by atoms with Crippen LogP contribution < -0.4 is 11.3 Å². The van der Waals surface area contributed by atoms with E-state index in [2.05, 4.69) is 17.3 Å². The van der Waals surface area contributed by atoms with Crippen LogP contribution >= 0.6 is 0 Å². The normalized spacial score (nSPS) is 14.8. The summed E-state index contributed by atoms with van der Waals surface area (Å²) in [6, 6.07) is 4.02. The van der Waals surface area contributed by atoms with Crippen LogP contribution in [0.1, 0.15) is 37.6 Å². The Labute approximate surface area is 97.2 Å². The number of nitrogens with two attached hydrogens (primary N) is 1. The Kier molecular flexibility index (Phi) is 5.38. The summed E-state index contributed by atoms with van der Waals surface area (Å²) in [7, 11) is 0. The predicted molar refractivity (Wildman–Crippen MR) is 64.7 cm³/mol. The van der Waals surface area contributed by atoms with Crippen molar-refractivity contribution in [3.05, 3.63) is 29.6 Å². The molecule has 16 heavy (non-hydrogen) atoms. The number of hydrogen-bond donors (Lipinski definition) is 2. The van der Waals surface area contributed by atoms with Gasteiger partial charge < -0.3 is 4.74 Å². The van der Waals surface area contributed by atoms with Gasteiger partial charge in [-0.15, -0.1) is 0 Å². The van der Waals surface area contributed by atoms with Gasteiger partial charge in [0.15, 0.2) is 0 Å². The van der Waals surface area contributed by atoms with Crippen LogP contribution in [0.3, 0.4) is 0 Å². The van der Waals surface area contributed by atoms with E-state index in [1.165, 1.54) is 0 Å². The molecule has 0 fully saturated rings. The average molecular weight is 223 g/mol. The first-order chi connectivity index (χ1) is 7.72. The lowest BCUT2D eigenvalue weighted by molar-refractivity contribution is 0.0313. The van der Waals surface area contributed by atoms with E-state index in [0.29, 0.717) is 6.61 Å². The Bertz CT molecular complexity index is 300. The van der Waals surface area contributed by atoms with Crippen LogP contribution in [0.25, 0.3) is 0 Å². The standard InChI is InChI=1S/C12H21N3O/c1-4-11(16-5-2)12(15-13)10-7-6-9(3)14-8-10/h6-8,11-12,15H,4-5,13H2,1-3H3. The van der Waals surface area contributed by atoms with Gasteiger partial charge in [0.1, 0.15) is 0 Å². The third kappa shape index (κ3) is 3.27. The van der Waals surface area contributed by atoms with Crippen molar-refractivity contribution < 1.29 is 4.74 Å². The van der Waals surface area contributed by atoms with Gasteiger partial charge in [-0.2, -0.15) is 0 Å². The summed E-state index contributed by atoms with van der Waals surface area (Å²) in [6.45, 7) is 6.74. The second-order valence-corrected chi connectivity index (χ2v) is 3.78. The van der Waals surface area contributed by atoms with Crippen molar-refractivity contribution in [2.45, 2.75) is 39.3 Å². The second kappa shape index (κ2) is 6.58. The lowest BCUT2D eigenvalue weighted by Gasteiger charge is -2.25. The molecule has 0 aliphatic rings. The largest absolute Gasteiger partial charge is 0.376 e. The van der Waals surface area contributed by atoms with E-state index in [1.807, 2.05) is 32.2 Å². The van der Waals surface area contributed by atoms with Gasteiger partial charge in [0.05, 0.1) is 12.1 Å². The number of hydrogen-bond acceptors (Lipinski definition) is 4. The highest BCUT2D eigenvalue weighted by atomic mass is 16.5. The highest BCUT2D eigenvalue weighted by molar-refractivity contribution is 5.18. The Morgan fingerprint density at radius 1 is 1.44 bits per heavy atom. The summed E-state index contributed by atoms with van der Waals surface area (Å²) < 4.78 is 5.66. The van der Waals surface area contributed by atoms with Crippen molar-refractivity contribution in [2.75, 3.05) is 6.61 Å². The van der Waals surface area contributed by atoms with Gasteiger partial charge in [-0.05, 0) is 31.9 Å². The second-order valence-electron chi connectivity index (χ2n) is 3.78. The fourth-order valence-corrected chi connectivity index (χ4v) is 1.75. The molecule has 1 aromatic rings. The van der Waals surface area contributed by atoms with Crippen molar-refractivity contribution in [1.29, 1.82) is 0 Å². The smallest absolute Gasteiger partial charge is 0.0780 e. The maximum absolute atomic E-state index is 5.66. The molecule has 0 saturated heterocycles. The van der Waals surface area contributed by atoms with Crippen LogP contribution in [0.4, 0.5) is 0 Å². The van der Waals surface area contributed by atoms with Crippen LogP contribution in [-0.2, 0) is 4.74 Å². The Morgan fingerprint density at radius 3 is 2.62 bits per heavy atom. The number of pyridine rings is 1. The summed E-state index contributed by atoms with van der Waals surface area (Å²) in [5, 5.41) is 0. The minimum atomic E-state index is -0.00181.